The first-order valence-corrected chi connectivity index (χ1v) is 8.63. The third-order valence-electron chi connectivity index (χ3n) is 4.57. The topological polar surface area (TPSA) is 86.7 Å². The summed E-state index contributed by atoms with van der Waals surface area (Å²) >= 11 is 0. The van der Waals surface area contributed by atoms with E-state index < -0.39 is 17.7 Å². The van der Waals surface area contributed by atoms with Crippen LogP contribution < -0.4 is 5.32 Å². The standard InChI is InChI=1S/C20H19FN2O4/c21-16-11-14(20(26)27)8-9-17(16)22-18(24)15-7-4-10-23(12-15)19(25)13-5-2-1-3-6-13/h1-3,5-6,8-9,11,15H,4,7,10,12H2,(H,22,24)(H,26,27). The molecule has 1 atom stereocenters. The van der Waals surface area contributed by atoms with E-state index in [2.05, 4.69) is 5.32 Å². The highest BCUT2D eigenvalue weighted by Gasteiger charge is 2.29. The monoisotopic (exact) mass is 370 g/mol. The van der Waals surface area contributed by atoms with Crippen LogP contribution >= 0.6 is 0 Å². The molecule has 0 saturated carbocycles. The fourth-order valence-electron chi connectivity index (χ4n) is 3.12. The second kappa shape index (κ2) is 7.99. The SMILES string of the molecule is O=C(O)c1ccc(NC(=O)C2CCCN(C(=O)c3ccccc3)C2)c(F)c1. The number of nitrogens with one attached hydrogen (secondary N) is 1. The zero-order chi connectivity index (χ0) is 19.4. The smallest absolute Gasteiger partial charge is 0.335 e. The van der Waals surface area contributed by atoms with Gasteiger partial charge in [-0.2, -0.15) is 0 Å². The molecule has 0 radical (unpaired) electrons. The van der Waals surface area contributed by atoms with Crippen LogP contribution in [0.25, 0.3) is 0 Å². The number of hydrogen-bond acceptors (Lipinski definition) is 3. The lowest BCUT2D eigenvalue weighted by atomic mass is 9.96. The summed E-state index contributed by atoms with van der Waals surface area (Å²) in [6.07, 6.45) is 1.27. The van der Waals surface area contributed by atoms with Gasteiger partial charge >= 0.3 is 5.97 Å². The van der Waals surface area contributed by atoms with E-state index in [0.29, 0.717) is 24.9 Å². The van der Waals surface area contributed by atoms with Crippen molar-refractivity contribution in [2.45, 2.75) is 12.8 Å². The number of benzene rings is 2. The molecule has 0 aromatic heterocycles. The molecule has 1 saturated heterocycles. The van der Waals surface area contributed by atoms with Crippen molar-refractivity contribution >= 4 is 23.5 Å². The molecule has 2 N–H and O–H groups in total. The number of hydrogen-bond donors (Lipinski definition) is 2. The molecule has 140 valence electrons. The van der Waals surface area contributed by atoms with Gasteiger partial charge in [0.1, 0.15) is 5.82 Å². The number of piperidine rings is 1. The molecule has 0 aliphatic carbocycles. The van der Waals surface area contributed by atoms with E-state index in [1.54, 1.807) is 29.2 Å². The summed E-state index contributed by atoms with van der Waals surface area (Å²) in [5, 5.41) is 11.4. The zero-order valence-corrected chi connectivity index (χ0v) is 14.5. The average Bonchev–Trinajstić information content (AvgIpc) is 2.69. The van der Waals surface area contributed by atoms with Gasteiger partial charge in [0.05, 0.1) is 17.2 Å². The Kier molecular flexibility index (Phi) is 5.49. The molecule has 6 nitrogen and oxygen atoms in total. The Morgan fingerprint density at radius 2 is 1.81 bits per heavy atom. The maximum Gasteiger partial charge on any atom is 0.335 e. The Hall–Kier alpha value is -3.22. The van der Waals surface area contributed by atoms with E-state index in [1.807, 2.05) is 6.07 Å². The average molecular weight is 370 g/mol. The molecular formula is C20H19FN2O4. The lowest BCUT2D eigenvalue weighted by Crippen LogP contribution is -2.43. The van der Waals surface area contributed by atoms with Crippen LogP contribution in [-0.2, 0) is 4.79 Å². The molecule has 0 spiro atoms. The van der Waals surface area contributed by atoms with Gasteiger partial charge in [-0.25, -0.2) is 9.18 Å². The minimum absolute atomic E-state index is 0.0727. The van der Waals surface area contributed by atoms with Gasteiger partial charge in [0.25, 0.3) is 5.91 Å². The largest absolute Gasteiger partial charge is 0.478 e. The summed E-state index contributed by atoms with van der Waals surface area (Å²) in [4.78, 5) is 37.6. The highest BCUT2D eigenvalue weighted by atomic mass is 19.1. The Morgan fingerprint density at radius 1 is 1.07 bits per heavy atom. The van der Waals surface area contributed by atoms with E-state index in [0.717, 1.165) is 6.07 Å². The van der Waals surface area contributed by atoms with Crippen molar-refractivity contribution in [2.24, 2.45) is 5.92 Å². The van der Waals surface area contributed by atoms with Gasteiger partial charge in [-0.15, -0.1) is 0 Å². The first kappa shape index (κ1) is 18.6. The molecule has 1 aliphatic heterocycles. The number of likely N-dealkylation sites (tertiary alicyclic amines) is 1. The molecule has 0 bridgehead atoms. The highest BCUT2D eigenvalue weighted by molar-refractivity contribution is 5.96. The van der Waals surface area contributed by atoms with E-state index in [1.165, 1.54) is 12.1 Å². The minimum atomic E-state index is -1.24. The van der Waals surface area contributed by atoms with Crippen LogP contribution in [0.2, 0.25) is 0 Å². The summed E-state index contributed by atoms with van der Waals surface area (Å²) in [7, 11) is 0. The molecular weight excluding hydrogens is 351 g/mol. The minimum Gasteiger partial charge on any atom is -0.478 e. The van der Waals surface area contributed by atoms with Crippen LogP contribution in [0.5, 0.6) is 0 Å². The number of carbonyl (C=O) groups is 3. The molecule has 2 aromatic carbocycles. The number of carboxylic acid groups (broad SMARTS) is 1. The number of amides is 2. The van der Waals surface area contributed by atoms with E-state index >= 15 is 0 Å². The number of carbonyl (C=O) groups excluding carboxylic acids is 2. The number of rotatable bonds is 4. The van der Waals surface area contributed by atoms with Crippen molar-refractivity contribution in [2.75, 3.05) is 18.4 Å². The maximum atomic E-state index is 14.0. The predicted octanol–water partition coefficient (Wildman–Crippen LogP) is 3.01. The zero-order valence-electron chi connectivity index (χ0n) is 14.5. The molecule has 27 heavy (non-hydrogen) atoms. The molecule has 2 amide bonds. The first-order chi connectivity index (χ1) is 13.0. The summed E-state index contributed by atoms with van der Waals surface area (Å²) in [6.45, 7) is 0.827. The summed E-state index contributed by atoms with van der Waals surface area (Å²) < 4.78 is 14.0. The number of nitrogens with zero attached hydrogens (tertiary/aromatic N) is 1. The van der Waals surface area contributed by atoms with Gasteiger partial charge < -0.3 is 15.3 Å². The summed E-state index contributed by atoms with van der Waals surface area (Å²) in [6, 6.07) is 12.2. The molecule has 1 aliphatic rings. The van der Waals surface area contributed by atoms with Gasteiger partial charge in [-0.3, -0.25) is 9.59 Å². The quantitative estimate of drug-likeness (QED) is 0.866. The lowest BCUT2D eigenvalue weighted by molar-refractivity contribution is -0.121. The first-order valence-electron chi connectivity index (χ1n) is 8.63. The van der Waals surface area contributed by atoms with Crippen molar-refractivity contribution in [1.82, 2.24) is 4.90 Å². The number of halogens is 1. The Labute approximate surface area is 155 Å². The number of aromatic carboxylic acids is 1. The summed E-state index contributed by atoms with van der Waals surface area (Å²) in [5.41, 5.74) is 0.299. The molecule has 1 heterocycles. The number of anilines is 1. The van der Waals surface area contributed by atoms with Crippen molar-refractivity contribution in [3.05, 3.63) is 65.5 Å². The Morgan fingerprint density at radius 3 is 2.48 bits per heavy atom. The van der Waals surface area contributed by atoms with Crippen molar-refractivity contribution in [3.63, 3.8) is 0 Å². The van der Waals surface area contributed by atoms with Crippen molar-refractivity contribution < 1.29 is 23.9 Å². The van der Waals surface area contributed by atoms with Crippen molar-refractivity contribution in [1.29, 1.82) is 0 Å². The molecule has 7 heteroatoms. The van der Waals surface area contributed by atoms with Crippen LogP contribution in [0.15, 0.2) is 48.5 Å². The van der Waals surface area contributed by atoms with Crippen LogP contribution in [0, 0.1) is 11.7 Å². The highest BCUT2D eigenvalue weighted by Crippen LogP contribution is 2.22. The fraction of sp³-hybridized carbons (Fsp3) is 0.250. The Bertz CT molecular complexity index is 870. The van der Waals surface area contributed by atoms with Crippen LogP contribution in [0.1, 0.15) is 33.6 Å². The van der Waals surface area contributed by atoms with E-state index in [9.17, 15) is 18.8 Å². The maximum absolute atomic E-state index is 14.0. The van der Waals surface area contributed by atoms with Gasteiger partial charge in [0.15, 0.2) is 0 Å². The molecule has 2 aromatic rings. The van der Waals surface area contributed by atoms with Gasteiger partial charge in [0.2, 0.25) is 5.91 Å². The number of carboxylic acids is 1. The van der Waals surface area contributed by atoms with Crippen LogP contribution in [-0.4, -0.2) is 40.9 Å². The van der Waals surface area contributed by atoms with Gasteiger partial charge in [0, 0.05) is 18.7 Å². The molecule has 1 unspecified atom stereocenters. The van der Waals surface area contributed by atoms with Crippen LogP contribution in [0.3, 0.4) is 0 Å². The molecule has 3 rings (SSSR count). The summed E-state index contributed by atoms with van der Waals surface area (Å²) in [5.74, 6) is -3.03. The normalized spacial score (nSPS) is 16.6. The lowest BCUT2D eigenvalue weighted by Gasteiger charge is -2.32. The van der Waals surface area contributed by atoms with Crippen molar-refractivity contribution in [3.8, 4) is 0 Å². The van der Waals surface area contributed by atoms with Gasteiger partial charge in [-0.1, -0.05) is 18.2 Å². The second-order valence-electron chi connectivity index (χ2n) is 6.45. The van der Waals surface area contributed by atoms with Gasteiger partial charge in [-0.05, 0) is 43.2 Å². The van der Waals surface area contributed by atoms with E-state index in [4.69, 9.17) is 5.11 Å². The van der Waals surface area contributed by atoms with E-state index in [-0.39, 0.29) is 29.6 Å². The fourth-order valence-corrected chi connectivity index (χ4v) is 3.12. The predicted molar refractivity (Wildman–Crippen MR) is 97.1 cm³/mol. The third kappa shape index (κ3) is 4.31. The second-order valence-corrected chi connectivity index (χ2v) is 6.45. The van der Waals surface area contributed by atoms with Crippen LogP contribution in [0.4, 0.5) is 10.1 Å². The molecule has 1 fully saturated rings. The third-order valence-corrected chi connectivity index (χ3v) is 4.57. The Balaban J connectivity index is 1.67.